The summed E-state index contributed by atoms with van der Waals surface area (Å²) >= 11 is 0. The molecule has 0 saturated carbocycles. The summed E-state index contributed by atoms with van der Waals surface area (Å²) in [7, 11) is 0. The molecule has 3 heteroatoms. The van der Waals surface area contributed by atoms with Gasteiger partial charge in [0.15, 0.2) is 0 Å². The van der Waals surface area contributed by atoms with Gasteiger partial charge in [0, 0.05) is 18.6 Å². The molecule has 0 radical (unpaired) electrons. The fourth-order valence-corrected chi connectivity index (χ4v) is 1.56. The summed E-state index contributed by atoms with van der Waals surface area (Å²) in [6.07, 6.45) is 3.64. The molecular weight excluding hydrogens is 150 g/mol. The largest absolute Gasteiger partial charge is 0.359 e. The summed E-state index contributed by atoms with van der Waals surface area (Å²) < 4.78 is 0. The monoisotopic (exact) mass is 167 g/mol. The van der Waals surface area contributed by atoms with Crippen LogP contribution in [0.25, 0.3) is 0 Å². The lowest BCUT2D eigenvalue weighted by Crippen LogP contribution is -2.59. The molecule has 0 aromatic carbocycles. The van der Waals surface area contributed by atoms with Gasteiger partial charge in [-0.2, -0.15) is 0 Å². The van der Waals surface area contributed by atoms with E-state index >= 15 is 0 Å². The first-order valence-electron chi connectivity index (χ1n) is 4.09. The molecule has 68 valence electrons. The number of rotatable bonds is 2. The molecule has 1 aliphatic heterocycles. The molecule has 1 rings (SSSR count). The normalized spacial score (nSPS) is 22.2. The van der Waals surface area contributed by atoms with Crippen molar-refractivity contribution in [2.24, 2.45) is 5.73 Å². The zero-order valence-corrected chi connectivity index (χ0v) is 7.66. The van der Waals surface area contributed by atoms with Crippen LogP contribution in [0.1, 0.15) is 6.92 Å². The fourth-order valence-electron chi connectivity index (χ4n) is 1.56. The number of hydrogen-bond acceptors (Lipinski definition) is 3. The maximum Gasteiger partial charge on any atom is 0.0893 e. The maximum absolute atomic E-state index is 6.03. The van der Waals surface area contributed by atoms with Crippen molar-refractivity contribution in [1.29, 1.82) is 0 Å². The lowest BCUT2D eigenvalue weighted by molar-refractivity contribution is 0.109. The smallest absolute Gasteiger partial charge is 0.0893 e. The molecule has 3 nitrogen and oxygen atoms in total. The van der Waals surface area contributed by atoms with E-state index in [1.807, 2.05) is 19.3 Å². The molecule has 1 aliphatic rings. The number of nitrogens with zero attached hydrogens (tertiary/aromatic N) is 2. The van der Waals surface area contributed by atoms with Crippen molar-refractivity contribution >= 4 is 0 Å². The van der Waals surface area contributed by atoms with E-state index in [1.165, 1.54) is 0 Å². The van der Waals surface area contributed by atoms with E-state index in [9.17, 15) is 0 Å². The van der Waals surface area contributed by atoms with Crippen LogP contribution in [-0.4, -0.2) is 35.1 Å². The quantitative estimate of drug-likeness (QED) is 0.652. The third-order valence-corrected chi connectivity index (χ3v) is 2.01. The van der Waals surface area contributed by atoms with E-state index in [2.05, 4.69) is 23.0 Å². The van der Waals surface area contributed by atoms with Crippen molar-refractivity contribution in [2.45, 2.75) is 12.5 Å². The molecule has 12 heavy (non-hydrogen) atoms. The van der Waals surface area contributed by atoms with E-state index in [1.54, 1.807) is 0 Å². The lowest BCUT2D eigenvalue weighted by atomic mass is 10.0. The van der Waals surface area contributed by atoms with Gasteiger partial charge in [0.05, 0.1) is 6.67 Å². The van der Waals surface area contributed by atoms with E-state index in [-0.39, 0.29) is 5.54 Å². The van der Waals surface area contributed by atoms with E-state index in [0.29, 0.717) is 0 Å². The summed E-state index contributed by atoms with van der Waals surface area (Å²) in [6, 6.07) is 0. The van der Waals surface area contributed by atoms with Gasteiger partial charge >= 0.3 is 0 Å². The van der Waals surface area contributed by atoms with E-state index in [4.69, 9.17) is 5.73 Å². The minimum Gasteiger partial charge on any atom is -0.359 e. The molecule has 0 unspecified atom stereocenters. The Kier molecular flexibility index (Phi) is 2.43. The lowest BCUT2D eigenvalue weighted by Gasteiger charge is -2.43. The highest BCUT2D eigenvalue weighted by Gasteiger charge is 2.28. The Hall–Kier alpha value is -0.960. The Morgan fingerprint density at radius 1 is 1.25 bits per heavy atom. The van der Waals surface area contributed by atoms with Crippen LogP contribution in [0.5, 0.6) is 0 Å². The predicted molar refractivity (Wildman–Crippen MR) is 51.3 cm³/mol. The van der Waals surface area contributed by atoms with Crippen LogP contribution in [0.15, 0.2) is 25.6 Å². The summed E-state index contributed by atoms with van der Waals surface area (Å²) in [5.74, 6) is 0. The second kappa shape index (κ2) is 3.19. The van der Waals surface area contributed by atoms with Crippen molar-refractivity contribution in [3.8, 4) is 0 Å². The molecule has 0 spiro atoms. The predicted octanol–water partition coefficient (Wildman–Crippen LogP) is 0.566. The Balaban J connectivity index is 2.64. The molecule has 1 fully saturated rings. The first-order chi connectivity index (χ1) is 5.57. The number of nitrogens with two attached hydrogens (primary N) is 1. The van der Waals surface area contributed by atoms with Crippen molar-refractivity contribution in [1.82, 2.24) is 9.80 Å². The zero-order valence-electron chi connectivity index (χ0n) is 7.66. The van der Waals surface area contributed by atoms with Gasteiger partial charge in [-0.05, 0) is 19.3 Å². The highest BCUT2D eigenvalue weighted by atomic mass is 15.3. The summed E-state index contributed by atoms with van der Waals surface area (Å²) in [4.78, 5) is 4.18. The second-order valence-corrected chi connectivity index (χ2v) is 3.65. The molecule has 0 aliphatic carbocycles. The third-order valence-electron chi connectivity index (χ3n) is 2.01. The minimum absolute atomic E-state index is 0.166. The van der Waals surface area contributed by atoms with Gasteiger partial charge in [0.1, 0.15) is 0 Å². The van der Waals surface area contributed by atoms with Gasteiger partial charge in [-0.3, -0.25) is 0 Å². The molecule has 0 amide bonds. The van der Waals surface area contributed by atoms with Crippen LogP contribution in [-0.2, 0) is 0 Å². The van der Waals surface area contributed by atoms with Gasteiger partial charge in [0.2, 0.25) is 0 Å². The average molecular weight is 167 g/mol. The van der Waals surface area contributed by atoms with Crippen LogP contribution in [0.2, 0.25) is 0 Å². The number of hydrogen-bond donors (Lipinski definition) is 1. The van der Waals surface area contributed by atoms with E-state index < -0.39 is 0 Å². The van der Waals surface area contributed by atoms with Gasteiger partial charge in [-0.1, -0.05) is 13.2 Å². The fraction of sp³-hybridized carbons (Fsp3) is 0.556. The van der Waals surface area contributed by atoms with E-state index in [0.717, 1.165) is 19.8 Å². The molecular formula is C9H17N3. The van der Waals surface area contributed by atoms with Gasteiger partial charge in [-0.25, -0.2) is 0 Å². The molecule has 2 N–H and O–H groups in total. The zero-order chi connectivity index (χ0) is 9.19. The van der Waals surface area contributed by atoms with Crippen molar-refractivity contribution in [2.75, 3.05) is 19.8 Å². The third kappa shape index (κ3) is 2.01. The summed E-state index contributed by atoms with van der Waals surface area (Å²) in [5.41, 5.74) is 5.86. The summed E-state index contributed by atoms with van der Waals surface area (Å²) in [5, 5.41) is 0. The van der Waals surface area contributed by atoms with Crippen molar-refractivity contribution in [3.05, 3.63) is 25.6 Å². The topological polar surface area (TPSA) is 32.5 Å². The van der Waals surface area contributed by atoms with Crippen LogP contribution >= 0.6 is 0 Å². The molecule has 0 bridgehead atoms. The molecule has 0 aromatic rings. The minimum atomic E-state index is -0.166. The Labute approximate surface area is 74.1 Å². The van der Waals surface area contributed by atoms with Crippen molar-refractivity contribution < 1.29 is 0 Å². The van der Waals surface area contributed by atoms with Gasteiger partial charge < -0.3 is 15.5 Å². The standard InChI is InChI=1S/C9H17N3/c1-4-11-6-9(3,10)7-12(5-2)8-11/h4-5H,1-2,6-8,10H2,3H3. The van der Waals surface area contributed by atoms with Crippen LogP contribution in [0.4, 0.5) is 0 Å². The molecule has 0 atom stereocenters. The summed E-state index contributed by atoms with van der Waals surface area (Å²) in [6.45, 7) is 12.1. The molecule has 0 aromatic heterocycles. The Morgan fingerprint density at radius 3 is 2.00 bits per heavy atom. The highest BCUT2D eigenvalue weighted by Crippen LogP contribution is 2.13. The van der Waals surface area contributed by atoms with Gasteiger partial charge in [-0.15, -0.1) is 0 Å². The average Bonchev–Trinajstić information content (AvgIpc) is 2.01. The Morgan fingerprint density at radius 2 is 1.67 bits per heavy atom. The first-order valence-corrected chi connectivity index (χ1v) is 4.09. The van der Waals surface area contributed by atoms with Crippen molar-refractivity contribution in [3.63, 3.8) is 0 Å². The SMILES string of the molecule is C=CN1CN(C=C)CC(C)(N)C1. The van der Waals surface area contributed by atoms with Crippen LogP contribution < -0.4 is 5.73 Å². The van der Waals surface area contributed by atoms with Crippen LogP contribution in [0, 0.1) is 0 Å². The molecule has 1 saturated heterocycles. The highest BCUT2D eigenvalue weighted by molar-refractivity contribution is 4.95. The molecule has 1 heterocycles. The second-order valence-electron chi connectivity index (χ2n) is 3.65. The maximum atomic E-state index is 6.03. The van der Waals surface area contributed by atoms with Gasteiger partial charge in [0.25, 0.3) is 0 Å². The first kappa shape index (κ1) is 9.13. The van der Waals surface area contributed by atoms with Crippen LogP contribution in [0.3, 0.4) is 0 Å². The Bertz CT molecular complexity index is 168.